The molecule has 0 radical (unpaired) electrons. The molecule has 4 rings (SSSR count). The third-order valence-corrected chi connectivity index (χ3v) is 16.0. The van der Waals surface area contributed by atoms with Crippen molar-refractivity contribution in [3.8, 4) is 0 Å². The zero-order valence-corrected chi connectivity index (χ0v) is 47.6. The largest absolute Gasteiger partial charge is 0.460 e. The van der Waals surface area contributed by atoms with E-state index in [9.17, 15) is 34.2 Å². The molecule has 8 N–H and O–H groups in total. The molecule has 0 spiro atoms. The average Bonchev–Trinajstić information content (AvgIpc) is 3.40. The number of hydrogen-bond acceptors (Lipinski definition) is 18. The fourth-order valence-corrected chi connectivity index (χ4v) is 11.1. The zero-order valence-electron chi connectivity index (χ0n) is 47.6. The average molecular weight is 1090 g/mol. The number of rotatable bonds is 15. The molecule has 77 heavy (non-hydrogen) atoms. The summed E-state index contributed by atoms with van der Waals surface area (Å²) in [6.45, 7) is 13.8. The quantitative estimate of drug-likeness (QED) is 0.0551. The van der Waals surface area contributed by atoms with Crippen molar-refractivity contribution in [2.24, 2.45) is 47.0 Å². The number of Topliss-reactive ketones (excluding diaryl/α,β-unsaturated/α-hetero) is 3. The summed E-state index contributed by atoms with van der Waals surface area (Å²) >= 11 is 0. The standard InChI is InChI=1S/C58H94N4O15/c1-36-16-12-11-13-17-37(2)50(72-9)33-57(60)22-21-42(7)58(70,77-57)54(67)55(68)62-24-15-14-18-45(62)56(69)76-48(32-46(64)38(3)29-41(6)52(66)53(73-10)51(65)40(5)28-36)39(4)30-43-19-20-47(49(31-43)71-8)75-27-26-74-35-44(59)34-61-23-25-63/h11-13,16-17,29,34,36,38-40,42-43,45,47-50,52-53,61,63,66,70H,14-15,18-28,30-33,35,59-60H2,1-10H3/b13-11+,16-12+,37-17+,41-29+,44-34-/t36-,38-,39-,40-,42-,43+,45?,47-,48+,49-,50+,52-,53+,57+,58-/m1/s1. The second-order valence-corrected chi connectivity index (χ2v) is 22.2. The van der Waals surface area contributed by atoms with E-state index in [1.165, 1.54) is 14.2 Å². The fourth-order valence-electron chi connectivity index (χ4n) is 11.1. The van der Waals surface area contributed by atoms with Crippen molar-refractivity contribution in [2.75, 3.05) is 60.8 Å². The predicted molar refractivity (Wildman–Crippen MR) is 290 cm³/mol. The minimum absolute atomic E-state index is 0.0142. The fraction of sp³-hybridized carbons (Fsp3) is 0.741. The summed E-state index contributed by atoms with van der Waals surface area (Å²) in [5.41, 5.74) is 12.9. The zero-order chi connectivity index (χ0) is 57.0. The molecule has 2 saturated heterocycles. The van der Waals surface area contributed by atoms with E-state index in [1.54, 1.807) is 47.1 Å². The first-order valence-electron chi connectivity index (χ1n) is 27.8. The van der Waals surface area contributed by atoms with Crippen LogP contribution in [0.1, 0.15) is 126 Å². The van der Waals surface area contributed by atoms with Crippen LogP contribution >= 0.6 is 0 Å². The van der Waals surface area contributed by atoms with Gasteiger partial charge in [-0.1, -0.05) is 71.1 Å². The number of hydrogen-bond donors (Lipinski definition) is 6. The number of fused-ring (bicyclic) bond motifs is 3. The lowest BCUT2D eigenvalue weighted by Crippen LogP contribution is -2.65. The third kappa shape index (κ3) is 19.0. The van der Waals surface area contributed by atoms with Crippen molar-refractivity contribution < 1.29 is 72.5 Å². The Balaban J connectivity index is 1.64. The number of allylic oxidation sites excluding steroid dienone is 6. The number of aliphatic hydroxyl groups excluding tert-OH is 2. The Kier molecular flexibility index (Phi) is 26.8. The first kappa shape index (κ1) is 65.4. The topological polar surface area (TPSA) is 278 Å². The van der Waals surface area contributed by atoms with E-state index in [4.69, 9.17) is 49.7 Å². The van der Waals surface area contributed by atoms with Crippen LogP contribution in [-0.2, 0) is 57.1 Å². The second-order valence-electron chi connectivity index (χ2n) is 22.2. The van der Waals surface area contributed by atoms with Gasteiger partial charge in [-0.25, -0.2) is 4.79 Å². The number of nitrogens with two attached hydrogens (primary N) is 2. The van der Waals surface area contributed by atoms with Crippen LogP contribution in [-0.4, -0.2) is 164 Å². The molecule has 0 aromatic carbocycles. The summed E-state index contributed by atoms with van der Waals surface area (Å²) < 4.78 is 41.8. The van der Waals surface area contributed by atoms with Gasteiger partial charge >= 0.3 is 5.97 Å². The molecule has 1 amide bonds. The highest BCUT2D eigenvalue weighted by atomic mass is 16.7. The Hall–Kier alpha value is -4.15. The number of nitrogens with one attached hydrogen (secondary N) is 1. The number of esters is 1. The van der Waals surface area contributed by atoms with Gasteiger partial charge in [0, 0.05) is 71.2 Å². The summed E-state index contributed by atoms with van der Waals surface area (Å²) in [4.78, 5) is 72.8. The number of piperidine rings is 1. The van der Waals surface area contributed by atoms with E-state index in [0.29, 0.717) is 69.6 Å². The molecular weight excluding hydrogens is 993 g/mol. The number of nitrogens with zero attached hydrogens (tertiary/aromatic N) is 1. The molecule has 3 heterocycles. The van der Waals surface area contributed by atoms with E-state index < -0.39 is 77.4 Å². The van der Waals surface area contributed by atoms with Crippen molar-refractivity contribution in [2.45, 2.75) is 180 Å². The van der Waals surface area contributed by atoms with Gasteiger partial charge in [0.15, 0.2) is 5.78 Å². The highest BCUT2D eigenvalue weighted by Crippen LogP contribution is 2.41. The van der Waals surface area contributed by atoms with Gasteiger partial charge in [0.25, 0.3) is 11.7 Å². The number of methoxy groups -OCH3 is 3. The Morgan fingerprint density at radius 1 is 0.935 bits per heavy atom. The van der Waals surface area contributed by atoms with Crippen molar-refractivity contribution in [3.05, 3.63) is 59.5 Å². The minimum atomic E-state index is -2.61. The second kappa shape index (κ2) is 31.6. The number of amides is 1. The summed E-state index contributed by atoms with van der Waals surface area (Å²) in [6, 6.07) is -1.20. The maximum absolute atomic E-state index is 14.6. The van der Waals surface area contributed by atoms with Gasteiger partial charge in [-0.2, -0.15) is 0 Å². The molecule has 3 aliphatic heterocycles. The van der Waals surface area contributed by atoms with Crippen molar-refractivity contribution in [1.82, 2.24) is 10.2 Å². The van der Waals surface area contributed by atoms with Gasteiger partial charge in [-0.05, 0) is 107 Å². The van der Waals surface area contributed by atoms with Crippen LogP contribution in [0.4, 0.5) is 0 Å². The minimum Gasteiger partial charge on any atom is -0.460 e. The van der Waals surface area contributed by atoms with E-state index >= 15 is 0 Å². The Morgan fingerprint density at radius 3 is 2.36 bits per heavy atom. The number of ketones is 3. The molecule has 1 aliphatic carbocycles. The Morgan fingerprint density at radius 2 is 1.68 bits per heavy atom. The lowest BCUT2D eigenvalue weighted by Gasteiger charge is -2.47. The normalized spacial score (nSPS) is 37.1. The number of ether oxygens (including phenoxy) is 7. The maximum Gasteiger partial charge on any atom is 0.329 e. The number of carbonyl (C=O) groups excluding carboxylic acids is 5. The summed E-state index contributed by atoms with van der Waals surface area (Å²) in [5, 5.41) is 35.5. The summed E-state index contributed by atoms with van der Waals surface area (Å²) in [7, 11) is 4.53. The van der Waals surface area contributed by atoms with Crippen LogP contribution in [0.25, 0.3) is 0 Å². The van der Waals surface area contributed by atoms with Crippen LogP contribution in [0.3, 0.4) is 0 Å². The van der Waals surface area contributed by atoms with Crippen LogP contribution in [0, 0.1) is 35.5 Å². The molecule has 1 saturated carbocycles. The van der Waals surface area contributed by atoms with E-state index in [0.717, 1.165) is 16.9 Å². The van der Waals surface area contributed by atoms with E-state index in [1.807, 2.05) is 51.2 Å². The van der Waals surface area contributed by atoms with Crippen LogP contribution in [0.2, 0.25) is 0 Å². The molecule has 3 fully saturated rings. The smallest absolute Gasteiger partial charge is 0.329 e. The van der Waals surface area contributed by atoms with Gasteiger partial charge < -0.3 is 70.2 Å². The van der Waals surface area contributed by atoms with Gasteiger partial charge in [0.05, 0.1) is 50.4 Å². The van der Waals surface area contributed by atoms with Crippen molar-refractivity contribution in [1.29, 1.82) is 0 Å². The van der Waals surface area contributed by atoms with Crippen molar-refractivity contribution >= 4 is 29.2 Å². The maximum atomic E-state index is 14.6. The number of aliphatic hydroxyl groups is 3. The predicted octanol–water partition coefficient (Wildman–Crippen LogP) is 4.89. The molecular formula is C58H94N4O15. The van der Waals surface area contributed by atoms with Gasteiger partial charge in [-0.15, -0.1) is 0 Å². The van der Waals surface area contributed by atoms with Crippen LogP contribution in [0.5, 0.6) is 0 Å². The van der Waals surface area contributed by atoms with E-state index in [2.05, 4.69) is 5.32 Å². The van der Waals surface area contributed by atoms with E-state index in [-0.39, 0.29) is 93.4 Å². The third-order valence-electron chi connectivity index (χ3n) is 16.0. The van der Waals surface area contributed by atoms with Crippen LogP contribution < -0.4 is 16.8 Å². The first-order chi connectivity index (χ1) is 36.5. The molecule has 0 aromatic heterocycles. The summed E-state index contributed by atoms with van der Waals surface area (Å²) in [6.07, 6.45) is 12.8. The highest BCUT2D eigenvalue weighted by molar-refractivity contribution is 6.39. The first-order valence-corrected chi connectivity index (χ1v) is 27.8. The summed E-state index contributed by atoms with van der Waals surface area (Å²) in [5.74, 6) is -8.65. The molecule has 0 aromatic rings. The number of carbonyl (C=O) groups is 5. The van der Waals surface area contributed by atoms with Gasteiger partial charge in [0.1, 0.15) is 35.9 Å². The van der Waals surface area contributed by atoms with Crippen LogP contribution in [0.15, 0.2) is 59.5 Å². The molecule has 15 atom stereocenters. The number of cyclic esters (lactones) is 1. The highest BCUT2D eigenvalue weighted by Gasteiger charge is 2.56. The van der Waals surface area contributed by atoms with Gasteiger partial charge in [-0.3, -0.25) is 19.2 Å². The lowest BCUT2D eigenvalue weighted by atomic mass is 9.78. The Labute approximate surface area is 457 Å². The Bertz CT molecular complexity index is 2100. The monoisotopic (exact) mass is 1090 g/mol. The molecule has 19 nitrogen and oxygen atoms in total. The lowest BCUT2D eigenvalue weighted by molar-refractivity contribution is -0.298. The molecule has 1 unspecified atom stereocenters. The van der Waals surface area contributed by atoms with Crippen molar-refractivity contribution in [3.63, 3.8) is 0 Å². The molecule has 19 heteroatoms. The molecule has 4 aliphatic rings. The molecule has 436 valence electrons. The van der Waals surface area contributed by atoms with Gasteiger partial charge in [0.2, 0.25) is 5.79 Å². The molecule has 2 bridgehead atoms. The SMILES string of the molecule is CO[C@H]1C[C@]2(N)CC[C@@H](C)[C@@](O)(O2)C(=O)C(=O)N2CCCCC2C(=O)O[C@H]([C@H](C)C[C@@H]2CC[C@@H](OCCOC/C(N)=C/NCCO)[C@H](OC)C2)CC(=O)[C@H](C)/C=C(\C)[C@@H](O)[C@@H](OC)C(=O)[C@H](C)C[C@H](C)/C=C/C=C/C=C/1C.